The van der Waals surface area contributed by atoms with Gasteiger partial charge in [-0.25, -0.2) is 9.31 Å². The molecule has 0 fully saturated rings. The maximum atomic E-state index is 12.7. The fraction of sp³-hybridized carbons (Fsp3) is 0.261. The molecule has 1 aromatic carbocycles. The highest BCUT2D eigenvalue weighted by atomic mass is 16.5. The summed E-state index contributed by atoms with van der Waals surface area (Å²) >= 11 is 0. The van der Waals surface area contributed by atoms with E-state index in [1.165, 1.54) is 6.33 Å². The fourth-order valence-corrected chi connectivity index (χ4v) is 4.16. The van der Waals surface area contributed by atoms with E-state index in [1.807, 2.05) is 24.3 Å². The number of aromatic amines is 2. The van der Waals surface area contributed by atoms with E-state index in [-0.39, 0.29) is 5.56 Å². The Morgan fingerprint density at radius 3 is 2.56 bits per heavy atom. The Kier molecular flexibility index (Phi) is 5.14. The first kappa shape index (κ1) is 19.9. The molecule has 32 heavy (non-hydrogen) atoms. The Morgan fingerprint density at radius 2 is 1.84 bits per heavy atom. The summed E-state index contributed by atoms with van der Waals surface area (Å²) in [5.74, 6) is 0.326. The molecule has 0 radical (unpaired) electrons. The van der Waals surface area contributed by atoms with Gasteiger partial charge >= 0.3 is 5.76 Å². The summed E-state index contributed by atoms with van der Waals surface area (Å²) in [5, 5.41) is 8.12. The Hall–Kier alpha value is -4.01. The molecule has 3 heterocycles. The van der Waals surface area contributed by atoms with Gasteiger partial charge in [-0.2, -0.15) is 10.1 Å². The van der Waals surface area contributed by atoms with Crippen molar-refractivity contribution in [3.8, 4) is 0 Å². The Labute approximate surface area is 182 Å². The second kappa shape index (κ2) is 8.26. The summed E-state index contributed by atoms with van der Waals surface area (Å²) in [6.07, 6.45) is 9.58. The monoisotopic (exact) mass is 430 g/mol. The van der Waals surface area contributed by atoms with Crippen molar-refractivity contribution in [2.24, 2.45) is 0 Å². The van der Waals surface area contributed by atoms with Crippen LogP contribution in [0.5, 0.6) is 0 Å². The molecule has 0 aliphatic heterocycles. The zero-order chi connectivity index (χ0) is 22.1. The second-order valence-electron chi connectivity index (χ2n) is 7.76. The summed E-state index contributed by atoms with van der Waals surface area (Å²) in [4.78, 5) is 33.7. The number of nitrogens with zero attached hydrogens (tertiary/aromatic N) is 4. The molecule has 2 N–H and O–H groups in total. The number of hydrogen-bond donors (Lipinski definition) is 2. The number of nitrogens with one attached hydrogen (secondary N) is 2. The van der Waals surface area contributed by atoms with Crippen molar-refractivity contribution in [3.63, 3.8) is 0 Å². The molecule has 162 valence electrons. The molecule has 9 nitrogen and oxygen atoms in total. The lowest BCUT2D eigenvalue weighted by atomic mass is 9.90. The van der Waals surface area contributed by atoms with Crippen LogP contribution < -0.4 is 11.3 Å². The van der Waals surface area contributed by atoms with E-state index >= 15 is 0 Å². The van der Waals surface area contributed by atoms with Gasteiger partial charge in [0.05, 0.1) is 5.69 Å². The largest absolute Gasteiger partial charge is 0.439 e. The minimum atomic E-state index is -0.571. The number of allylic oxidation sites excluding steroid dienone is 4. The van der Waals surface area contributed by atoms with Crippen molar-refractivity contribution in [2.45, 2.75) is 39.0 Å². The van der Waals surface area contributed by atoms with E-state index in [0.717, 1.165) is 53.7 Å². The summed E-state index contributed by atoms with van der Waals surface area (Å²) in [6.45, 7) is 2.08. The third-order valence-electron chi connectivity index (χ3n) is 5.63. The van der Waals surface area contributed by atoms with Crippen LogP contribution in [0.1, 0.15) is 54.4 Å². The van der Waals surface area contributed by atoms with Gasteiger partial charge in [-0.15, -0.1) is 0 Å². The van der Waals surface area contributed by atoms with Crippen LogP contribution in [0.25, 0.3) is 16.9 Å². The molecular weight excluding hydrogens is 408 g/mol. The van der Waals surface area contributed by atoms with Crippen molar-refractivity contribution in [2.75, 3.05) is 0 Å². The van der Waals surface area contributed by atoms with Gasteiger partial charge in [-0.05, 0) is 36.0 Å². The van der Waals surface area contributed by atoms with E-state index in [2.05, 4.69) is 48.8 Å². The predicted octanol–water partition coefficient (Wildman–Crippen LogP) is 2.90. The van der Waals surface area contributed by atoms with Crippen LogP contribution in [-0.4, -0.2) is 29.7 Å². The van der Waals surface area contributed by atoms with E-state index < -0.39 is 5.76 Å². The minimum Gasteiger partial charge on any atom is -0.296 e. The molecule has 0 unspecified atom stereocenters. The molecule has 3 aromatic heterocycles. The number of aryl methyl sites for hydroxylation is 1. The quantitative estimate of drug-likeness (QED) is 0.485. The molecule has 0 saturated carbocycles. The minimum absolute atomic E-state index is 0.131. The lowest BCUT2D eigenvalue weighted by Crippen LogP contribution is -2.20. The van der Waals surface area contributed by atoms with E-state index in [9.17, 15) is 9.59 Å². The molecule has 0 amide bonds. The molecule has 1 aliphatic rings. The first-order chi connectivity index (χ1) is 15.6. The van der Waals surface area contributed by atoms with Crippen LogP contribution in [0.4, 0.5) is 0 Å². The summed E-state index contributed by atoms with van der Waals surface area (Å²) < 4.78 is 6.40. The van der Waals surface area contributed by atoms with Crippen LogP contribution in [0.15, 0.2) is 56.9 Å². The number of rotatable bonds is 6. The molecule has 0 saturated heterocycles. The second-order valence-corrected chi connectivity index (χ2v) is 7.76. The number of fused-ring (bicyclic) bond motifs is 1. The highest BCUT2D eigenvalue weighted by Gasteiger charge is 2.18. The van der Waals surface area contributed by atoms with Gasteiger partial charge < -0.3 is 0 Å². The van der Waals surface area contributed by atoms with Crippen molar-refractivity contribution >= 4 is 16.9 Å². The fourth-order valence-electron chi connectivity index (χ4n) is 4.16. The normalized spacial score (nSPS) is 13.9. The lowest BCUT2D eigenvalue weighted by Gasteiger charge is -2.15. The van der Waals surface area contributed by atoms with Crippen LogP contribution in [0.2, 0.25) is 0 Å². The van der Waals surface area contributed by atoms with Gasteiger partial charge in [0.25, 0.3) is 5.56 Å². The van der Waals surface area contributed by atoms with Crippen LogP contribution >= 0.6 is 0 Å². The maximum Gasteiger partial charge on any atom is 0.439 e. The highest BCUT2D eigenvalue weighted by Crippen LogP contribution is 2.33. The Morgan fingerprint density at radius 1 is 1.06 bits per heavy atom. The van der Waals surface area contributed by atoms with Crippen molar-refractivity contribution < 1.29 is 4.52 Å². The summed E-state index contributed by atoms with van der Waals surface area (Å²) in [7, 11) is 0. The number of hydrogen-bond acceptors (Lipinski definition) is 6. The Bertz CT molecular complexity index is 1450. The van der Waals surface area contributed by atoms with Gasteiger partial charge in [0.2, 0.25) is 5.78 Å². The SMILES string of the molecule is CCCc1c(Cc2ccc(C3=CCCC=C3c3noc(=O)[nH]3)cc2)c(=O)[nH]c2ncnn12. The van der Waals surface area contributed by atoms with E-state index in [1.54, 1.807) is 4.52 Å². The molecular formula is C23H22N6O3. The van der Waals surface area contributed by atoms with Gasteiger partial charge in [-0.1, -0.05) is 54.9 Å². The maximum absolute atomic E-state index is 12.7. The molecule has 5 rings (SSSR count). The third-order valence-corrected chi connectivity index (χ3v) is 5.63. The zero-order valence-electron chi connectivity index (χ0n) is 17.6. The number of benzene rings is 1. The van der Waals surface area contributed by atoms with Crippen LogP contribution in [-0.2, 0) is 12.8 Å². The summed E-state index contributed by atoms with van der Waals surface area (Å²) in [6, 6.07) is 8.10. The van der Waals surface area contributed by atoms with Crippen molar-refractivity contribution in [3.05, 3.63) is 91.9 Å². The van der Waals surface area contributed by atoms with Gasteiger partial charge in [0, 0.05) is 17.6 Å². The van der Waals surface area contributed by atoms with Gasteiger partial charge in [0.15, 0.2) is 5.82 Å². The number of aromatic nitrogens is 6. The van der Waals surface area contributed by atoms with E-state index in [0.29, 0.717) is 23.6 Å². The molecule has 0 atom stereocenters. The molecule has 4 aromatic rings. The number of H-pyrrole nitrogens is 2. The predicted molar refractivity (Wildman–Crippen MR) is 119 cm³/mol. The summed E-state index contributed by atoms with van der Waals surface area (Å²) in [5.41, 5.74) is 5.35. The average molecular weight is 430 g/mol. The van der Waals surface area contributed by atoms with Gasteiger partial charge in [-0.3, -0.25) is 19.3 Å². The lowest BCUT2D eigenvalue weighted by molar-refractivity contribution is 0.385. The first-order valence-electron chi connectivity index (χ1n) is 10.6. The molecule has 0 bridgehead atoms. The first-order valence-corrected chi connectivity index (χ1v) is 10.6. The average Bonchev–Trinajstić information content (AvgIpc) is 3.45. The smallest absolute Gasteiger partial charge is 0.296 e. The topological polar surface area (TPSA) is 122 Å². The van der Waals surface area contributed by atoms with Gasteiger partial charge in [0.1, 0.15) is 6.33 Å². The van der Waals surface area contributed by atoms with E-state index in [4.69, 9.17) is 0 Å². The highest BCUT2D eigenvalue weighted by molar-refractivity contribution is 6.03. The van der Waals surface area contributed by atoms with Crippen molar-refractivity contribution in [1.29, 1.82) is 0 Å². The Balaban J connectivity index is 1.46. The third kappa shape index (κ3) is 3.62. The standard InChI is InChI=1S/C23H22N6O3/c1-2-5-19-18(21(30)27-22-24-13-25-29(19)22)12-14-8-10-15(11-9-14)16-6-3-4-7-17(16)20-26-23(31)32-28-20/h6-11,13H,2-5,12H2,1H3,(H,26,28,31)(H,24,25,27,30). The molecule has 1 aliphatic carbocycles. The molecule has 9 heteroatoms. The zero-order valence-corrected chi connectivity index (χ0v) is 17.6. The van der Waals surface area contributed by atoms with Crippen LogP contribution in [0.3, 0.4) is 0 Å². The molecule has 0 spiro atoms. The van der Waals surface area contributed by atoms with Crippen LogP contribution in [0, 0.1) is 0 Å². The van der Waals surface area contributed by atoms with Crippen molar-refractivity contribution in [1.82, 2.24) is 29.7 Å².